The van der Waals surface area contributed by atoms with E-state index in [1.807, 2.05) is 55.5 Å². The molecule has 3 rings (SSSR count). The Bertz CT molecular complexity index is 1230. The van der Waals surface area contributed by atoms with Crippen molar-refractivity contribution in [3.63, 3.8) is 0 Å². The minimum atomic E-state index is -1.00. The number of carbonyl (C=O) groups excluding carboxylic acids is 1. The van der Waals surface area contributed by atoms with Crippen LogP contribution in [0.3, 0.4) is 0 Å². The standard InChI is InChI=1S/C35H46O4/c1-3-4-5-6-7-8-9-10-11-12-13-14-15-16-20-30(35(37)38)26-33(36)39-34-31-21-18-17-19-28(31)25-29-23-22-27(2)24-32(29)34/h16-25,30H,3-15,26H2,1-2H3,(H,37,38). The Morgan fingerprint density at radius 1 is 0.795 bits per heavy atom. The summed E-state index contributed by atoms with van der Waals surface area (Å²) in [5, 5.41) is 13.4. The van der Waals surface area contributed by atoms with Crippen LogP contribution in [-0.4, -0.2) is 17.0 Å². The molecule has 0 fully saturated rings. The molecule has 0 aliphatic carbocycles. The maximum Gasteiger partial charge on any atom is 0.312 e. The molecule has 3 aromatic carbocycles. The fourth-order valence-electron chi connectivity index (χ4n) is 5.18. The van der Waals surface area contributed by atoms with Gasteiger partial charge in [0.2, 0.25) is 0 Å². The Balaban J connectivity index is 1.44. The van der Waals surface area contributed by atoms with Crippen LogP contribution >= 0.6 is 0 Å². The number of rotatable bonds is 18. The zero-order valence-electron chi connectivity index (χ0n) is 23.9. The summed E-state index contributed by atoms with van der Waals surface area (Å²) in [6.07, 6.45) is 19.8. The number of hydrogen-bond donors (Lipinski definition) is 1. The Labute approximate surface area is 234 Å². The van der Waals surface area contributed by atoms with Crippen molar-refractivity contribution in [1.29, 1.82) is 0 Å². The van der Waals surface area contributed by atoms with Crippen LogP contribution in [0.5, 0.6) is 5.75 Å². The van der Waals surface area contributed by atoms with Gasteiger partial charge in [-0.25, -0.2) is 0 Å². The van der Waals surface area contributed by atoms with E-state index in [1.54, 1.807) is 6.08 Å². The lowest BCUT2D eigenvalue weighted by molar-refractivity contribution is -0.145. The van der Waals surface area contributed by atoms with Gasteiger partial charge in [-0.15, -0.1) is 0 Å². The van der Waals surface area contributed by atoms with Gasteiger partial charge >= 0.3 is 11.9 Å². The summed E-state index contributed by atoms with van der Waals surface area (Å²) in [6.45, 7) is 4.26. The van der Waals surface area contributed by atoms with Gasteiger partial charge in [0.15, 0.2) is 0 Å². The normalized spacial score (nSPS) is 12.4. The average molecular weight is 531 g/mol. The molecule has 0 bridgehead atoms. The maximum atomic E-state index is 12.9. The van der Waals surface area contributed by atoms with E-state index in [-0.39, 0.29) is 6.42 Å². The molecule has 0 aliphatic heterocycles. The van der Waals surface area contributed by atoms with Gasteiger partial charge in [-0.3, -0.25) is 9.59 Å². The van der Waals surface area contributed by atoms with Crippen LogP contribution < -0.4 is 4.74 Å². The van der Waals surface area contributed by atoms with Gasteiger partial charge in [0.25, 0.3) is 0 Å². The molecule has 0 aliphatic rings. The first-order chi connectivity index (χ1) is 19.0. The number of fused-ring (bicyclic) bond motifs is 2. The molecule has 1 unspecified atom stereocenters. The van der Waals surface area contributed by atoms with Crippen LogP contribution in [0.1, 0.15) is 102 Å². The lowest BCUT2D eigenvalue weighted by atomic mass is 10.0. The summed E-state index contributed by atoms with van der Waals surface area (Å²) in [4.78, 5) is 24.8. The highest BCUT2D eigenvalue weighted by Crippen LogP contribution is 2.36. The molecular formula is C35H46O4. The van der Waals surface area contributed by atoms with E-state index in [9.17, 15) is 14.7 Å². The quantitative estimate of drug-likeness (QED) is 0.0584. The largest absolute Gasteiger partial charge is 0.481 e. The predicted molar refractivity (Wildman–Crippen MR) is 162 cm³/mol. The number of unbranched alkanes of at least 4 members (excludes halogenated alkanes) is 12. The highest BCUT2D eigenvalue weighted by molar-refractivity contribution is 6.06. The number of carbonyl (C=O) groups is 2. The molecule has 1 N–H and O–H groups in total. The highest BCUT2D eigenvalue weighted by atomic mass is 16.5. The molecule has 0 saturated carbocycles. The van der Waals surface area contributed by atoms with Gasteiger partial charge in [-0.05, 0) is 42.7 Å². The Morgan fingerprint density at radius 2 is 1.41 bits per heavy atom. The van der Waals surface area contributed by atoms with Crippen molar-refractivity contribution in [2.75, 3.05) is 0 Å². The smallest absolute Gasteiger partial charge is 0.312 e. The molecule has 0 spiro atoms. The molecule has 4 nitrogen and oxygen atoms in total. The number of benzene rings is 3. The zero-order valence-corrected chi connectivity index (χ0v) is 23.9. The van der Waals surface area contributed by atoms with Crippen LogP contribution in [0.25, 0.3) is 21.5 Å². The van der Waals surface area contributed by atoms with Crippen LogP contribution in [0.4, 0.5) is 0 Å². The fourth-order valence-corrected chi connectivity index (χ4v) is 5.18. The third kappa shape index (κ3) is 10.2. The van der Waals surface area contributed by atoms with Gasteiger partial charge < -0.3 is 9.84 Å². The van der Waals surface area contributed by atoms with E-state index < -0.39 is 17.9 Å². The monoisotopic (exact) mass is 530 g/mol. The molecule has 0 heterocycles. The minimum Gasteiger partial charge on any atom is -0.481 e. The summed E-state index contributed by atoms with van der Waals surface area (Å²) >= 11 is 0. The summed E-state index contributed by atoms with van der Waals surface area (Å²) in [5.41, 5.74) is 1.07. The van der Waals surface area contributed by atoms with Gasteiger partial charge in [0.05, 0.1) is 12.3 Å². The van der Waals surface area contributed by atoms with Gasteiger partial charge in [0.1, 0.15) is 5.75 Å². The summed E-state index contributed by atoms with van der Waals surface area (Å²) < 4.78 is 5.86. The van der Waals surface area contributed by atoms with E-state index in [2.05, 4.69) is 13.0 Å². The third-order valence-corrected chi connectivity index (χ3v) is 7.48. The van der Waals surface area contributed by atoms with Crippen molar-refractivity contribution in [2.24, 2.45) is 5.92 Å². The first kappa shape index (κ1) is 30.4. The number of carboxylic acid groups (broad SMARTS) is 1. The van der Waals surface area contributed by atoms with E-state index in [4.69, 9.17) is 4.74 Å². The van der Waals surface area contributed by atoms with Crippen LogP contribution in [-0.2, 0) is 9.59 Å². The zero-order chi connectivity index (χ0) is 27.9. The molecule has 4 heteroatoms. The van der Waals surface area contributed by atoms with E-state index in [0.29, 0.717) is 5.75 Å². The number of ether oxygens (including phenoxy) is 1. The van der Waals surface area contributed by atoms with E-state index >= 15 is 0 Å². The molecule has 210 valence electrons. The lowest BCUT2D eigenvalue weighted by Crippen LogP contribution is -2.19. The Kier molecular flexibility index (Phi) is 13.1. The molecule has 0 radical (unpaired) electrons. The predicted octanol–water partition coefficient (Wildman–Crippen LogP) is 9.95. The van der Waals surface area contributed by atoms with Gasteiger partial charge in [-0.2, -0.15) is 0 Å². The fraction of sp³-hybridized carbons (Fsp3) is 0.486. The Hall–Kier alpha value is -3.14. The SMILES string of the molecule is CCCCCCCCCCCCCCC=CC(CC(=O)Oc1c2ccccc2cc2ccc(C)cc12)C(=O)O. The maximum absolute atomic E-state index is 12.9. The second-order valence-electron chi connectivity index (χ2n) is 10.9. The van der Waals surface area contributed by atoms with E-state index in [0.717, 1.165) is 46.4 Å². The summed E-state index contributed by atoms with van der Waals surface area (Å²) in [7, 11) is 0. The van der Waals surface area contributed by atoms with Crippen molar-refractivity contribution in [3.8, 4) is 5.75 Å². The van der Waals surface area contributed by atoms with Crippen molar-refractivity contribution in [3.05, 3.63) is 66.2 Å². The lowest BCUT2D eigenvalue weighted by Gasteiger charge is -2.14. The summed E-state index contributed by atoms with van der Waals surface area (Å²) in [6, 6.07) is 15.9. The first-order valence-corrected chi connectivity index (χ1v) is 15.0. The molecule has 0 amide bonds. The topological polar surface area (TPSA) is 63.6 Å². The van der Waals surface area contributed by atoms with E-state index in [1.165, 1.54) is 64.2 Å². The molecule has 0 saturated heterocycles. The Morgan fingerprint density at radius 3 is 2.08 bits per heavy atom. The average Bonchev–Trinajstić information content (AvgIpc) is 2.92. The van der Waals surface area contributed by atoms with Crippen molar-refractivity contribution in [1.82, 2.24) is 0 Å². The van der Waals surface area contributed by atoms with Crippen molar-refractivity contribution in [2.45, 2.75) is 104 Å². The van der Waals surface area contributed by atoms with Crippen LogP contribution in [0.15, 0.2) is 60.7 Å². The van der Waals surface area contributed by atoms with Gasteiger partial charge in [0, 0.05) is 10.8 Å². The first-order valence-electron chi connectivity index (χ1n) is 15.0. The molecular weight excluding hydrogens is 484 g/mol. The number of hydrogen-bond acceptors (Lipinski definition) is 3. The van der Waals surface area contributed by atoms with Crippen LogP contribution in [0, 0.1) is 12.8 Å². The summed E-state index contributed by atoms with van der Waals surface area (Å²) in [5.74, 6) is -1.92. The van der Waals surface area contributed by atoms with Crippen molar-refractivity contribution < 1.29 is 19.4 Å². The van der Waals surface area contributed by atoms with Crippen LogP contribution in [0.2, 0.25) is 0 Å². The number of allylic oxidation sites excluding steroid dienone is 1. The highest BCUT2D eigenvalue weighted by Gasteiger charge is 2.21. The van der Waals surface area contributed by atoms with Crippen molar-refractivity contribution >= 4 is 33.5 Å². The van der Waals surface area contributed by atoms with Gasteiger partial charge in [-0.1, -0.05) is 132 Å². The second-order valence-corrected chi connectivity index (χ2v) is 10.9. The number of carboxylic acids is 1. The molecule has 0 aromatic heterocycles. The molecule has 1 atom stereocenters. The number of aryl methyl sites for hydroxylation is 1. The minimum absolute atomic E-state index is 0.194. The number of aliphatic carboxylic acids is 1. The molecule has 39 heavy (non-hydrogen) atoms. The third-order valence-electron chi connectivity index (χ3n) is 7.48. The second kappa shape index (κ2) is 16.7. The molecule has 3 aromatic rings. The number of esters is 1.